The fraction of sp³-hybridized carbons (Fsp3) is 0.452. The van der Waals surface area contributed by atoms with E-state index in [1.165, 1.54) is 0 Å². The Morgan fingerprint density at radius 2 is 1.48 bits per heavy atom. The lowest BCUT2D eigenvalue weighted by atomic mass is 9.87. The summed E-state index contributed by atoms with van der Waals surface area (Å²) in [4.78, 5) is 68.4. The minimum Gasteiger partial charge on any atom is -0.468 e. The van der Waals surface area contributed by atoms with Crippen molar-refractivity contribution >= 4 is 46.1 Å². The molecule has 2 aromatic rings. The van der Waals surface area contributed by atoms with Crippen LogP contribution in [-0.2, 0) is 38.1 Å². The Bertz CT molecular complexity index is 1660. The molecule has 1 fully saturated rings. The van der Waals surface area contributed by atoms with Gasteiger partial charge in [-0.15, -0.1) is 0 Å². The van der Waals surface area contributed by atoms with Crippen LogP contribution in [-0.4, -0.2) is 58.4 Å². The summed E-state index contributed by atoms with van der Waals surface area (Å²) < 4.78 is 26.4. The number of methoxy groups -OCH3 is 4. The molecule has 1 N–H and O–H groups in total. The number of hydrogen-bond acceptors (Lipinski definition) is 11. The Labute approximate surface area is 242 Å². The summed E-state index contributed by atoms with van der Waals surface area (Å²) in [5.74, 6) is -6.08. The minimum absolute atomic E-state index is 0.0776. The second-order valence-electron chi connectivity index (χ2n) is 10.5. The molecule has 4 rings (SSSR count). The van der Waals surface area contributed by atoms with Gasteiger partial charge in [-0.1, -0.05) is 39.2 Å². The maximum atomic E-state index is 14.5. The highest BCUT2D eigenvalue weighted by Crippen LogP contribution is 2.33. The van der Waals surface area contributed by atoms with E-state index in [4.69, 9.17) is 23.4 Å². The van der Waals surface area contributed by atoms with E-state index in [1.54, 1.807) is 18.2 Å². The normalized spacial score (nSPS) is 17.5. The molecule has 1 atom stereocenters. The summed E-state index contributed by atoms with van der Waals surface area (Å²) in [6, 6.07) is 4.88. The van der Waals surface area contributed by atoms with Crippen molar-refractivity contribution in [2.75, 3.05) is 28.4 Å². The summed E-state index contributed by atoms with van der Waals surface area (Å²) in [6.07, 6.45) is 4.24. The first-order valence-electron chi connectivity index (χ1n) is 13.8. The maximum absolute atomic E-state index is 14.5. The third-order valence-electron chi connectivity index (χ3n) is 7.76. The smallest absolute Gasteiger partial charge is 0.340 e. The highest BCUT2D eigenvalue weighted by Gasteiger charge is 2.45. The number of fused-ring (bicyclic) bond motifs is 2. The zero-order valence-corrected chi connectivity index (χ0v) is 24.6. The van der Waals surface area contributed by atoms with Crippen molar-refractivity contribution in [1.82, 2.24) is 5.32 Å². The molecule has 1 saturated carbocycles. The van der Waals surface area contributed by atoms with Crippen LogP contribution >= 0.6 is 0 Å². The van der Waals surface area contributed by atoms with Crippen molar-refractivity contribution in [2.24, 2.45) is 5.92 Å². The minimum atomic E-state index is -1.86. The van der Waals surface area contributed by atoms with Crippen LogP contribution in [0.5, 0.6) is 0 Å². The number of nitrogens with one attached hydrogen (secondary N) is 1. The van der Waals surface area contributed by atoms with Gasteiger partial charge in [-0.2, -0.15) is 0 Å². The van der Waals surface area contributed by atoms with E-state index in [0.717, 1.165) is 53.3 Å². The molecule has 1 aromatic heterocycles. The molecule has 0 amide bonds. The fourth-order valence-electron chi connectivity index (χ4n) is 5.58. The number of esters is 4. The first-order valence-corrected chi connectivity index (χ1v) is 13.8. The van der Waals surface area contributed by atoms with Gasteiger partial charge in [-0.3, -0.25) is 9.59 Å². The molecule has 224 valence electrons. The molecule has 11 heteroatoms. The molecule has 1 aromatic carbocycles. The number of ether oxygens (including phenoxy) is 4. The van der Waals surface area contributed by atoms with Crippen molar-refractivity contribution in [2.45, 2.75) is 57.9 Å². The van der Waals surface area contributed by atoms with E-state index < -0.39 is 51.9 Å². The SMILES string of the molecule is COC(=O)C1=C(C(=O)OC)C(C(=O)OC)C(C(=O)OC)=c2oc3ccc(C(C)C)cc3c(=O)c2=C1NC1CCCCC1. The van der Waals surface area contributed by atoms with Crippen LogP contribution in [0.4, 0.5) is 0 Å². The van der Waals surface area contributed by atoms with Crippen LogP contribution in [0.3, 0.4) is 0 Å². The van der Waals surface area contributed by atoms with Crippen LogP contribution in [0.25, 0.3) is 22.2 Å². The van der Waals surface area contributed by atoms with Gasteiger partial charge < -0.3 is 28.7 Å². The molecule has 2 aliphatic carbocycles. The van der Waals surface area contributed by atoms with E-state index in [1.807, 2.05) is 13.8 Å². The quantitative estimate of drug-likeness (QED) is 0.376. The first-order chi connectivity index (χ1) is 20.1. The van der Waals surface area contributed by atoms with E-state index >= 15 is 0 Å². The predicted molar refractivity (Wildman–Crippen MR) is 151 cm³/mol. The standard InChI is InChI=1S/C31H35NO10/c1-15(2)16-12-13-19-18(14-16)26(33)24-25(32-17-10-8-7-9-11-17)22(30(36)40-5)20(28(34)38-3)21(29(35)39-4)23(27(24)42-19)31(37)41-6/h12-15,17,21,32H,7-11H2,1-6H3. The Kier molecular flexibility index (Phi) is 9.18. The van der Waals surface area contributed by atoms with Crippen LogP contribution in [0.1, 0.15) is 57.4 Å². The Morgan fingerprint density at radius 1 is 0.857 bits per heavy atom. The third-order valence-corrected chi connectivity index (χ3v) is 7.76. The van der Waals surface area contributed by atoms with E-state index in [-0.39, 0.29) is 39.3 Å². The monoisotopic (exact) mass is 581 g/mol. The lowest BCUT2D eigenvalue weighted by Crippen LogP contribution is -2.48. The summed E-state index contributed by atoms with van der Waals surface area (Å²) >= 11 is 0. The van der Waals surface area contributed by atoms with Gasteiger partial charge in [0.15, 0.2) is 5.42 Å². The zero-order chi connectivity index (χ0) is 30.7. The van der Waals surface area contributed by atoms with E-state index in [9.17, 15) is 24.0 Å². The summed E-state index contributed by atoms with van der Waals surface area (Å²) in [5, 5.41) is 3.28. The van der Waals surface area contributed by atoms with Crippen molar-refractivity contribution in [3.05, 3.63) is 55.8 Å². The van der Waals surface area contributed by atoms with Crippen LogP contribution in [0.15, 0.2) is 38.6 Å². The number of rotatable bonds is 7. The molecule has 11 nitrogen and oxygen atoms in total. The third kappa shape index (κ3) is 5.43. The van der Waals surface area contributed by atoms with Gasteiger partial charge >= 0.3 is 23.9 Å². The number of carbonyl (C=O) groups excluding carboxylic acids is 4. The van der Waals surface area contributed by atoms with Gasteiger partial charge in [0.05, 0.1) is 61.5 Å². The predicted octanol–water partition coefficient (Wildman–Crippen LogP) is 1.72. The van der Waals surface area contributed by atoms with Crippen molar-refractivity contribution in [1.29, 1.82) is 0 Å². The maximum Gasteiger partial charge on any atom is 0.340 e. The molecule has 42 heavy (non-hydrogen) atoms. The van der Waals surface area contributed by atoms with Crippen molar-refractivity contribution < 1.29 is 42.5 Å². The molecule has 0 aliphatic heterocycles. The van der Waals surface area contributed by atoms with Gasteiger partial charge in [-0.25, -0.2) is 14.4 Å². The van der Waals surface area contributed by atoms with Crippen LogP contribution < -0.4 is 21.4 Å². The van der Waals surface area contributed by atoms with Crippen LogP contribution in [0, 0.1) is 5.92 Å². The highest BCUT2D eigenvalue weighted by atomic mass is 16.5. The first kappa shape index (κ1) is 30.5. The number of carbonyl (C=O) groups is 4. The highest BCUT2D eigenvalue weighted by molar-refractivity contribution is 6.22. The van der Waals surface area contributed by atoms with Crippen molar-refractivity contribution in [3.63, 3.8) is 0 Å². The summed E-state index contributed by atoms with van der Waals surface area (Å²) in [6.45, 7) is 3.94. The van der Waals surface area contributed by atoms with E-state index in [2.05, 4.69) is 5.32 Å². The topological polar surface area (TPSA) is 147 Å². The second kappa shape index (κ2) is 12.6. The Hall–Kier alpha value is -4.41. The van der Waals surface area contributed by atoms with Gasteiger partial charge in [0.2, 0.25) is 5.43 Å². The molecule has 1 unspecified atom stereocenters. The van der Waals surface area contributed by atoms with Gasteiger partial charge in [0, 0.05) is 6.04 Å². The molecular formula is C31H35NO10. The molecule has 2 aliphatic rings. The molecule has 1 heterocycles. The van der Waals surface area contributed by atoms with Crippen LogP contribution in [0.2, 0.25) is 0 Å². The average molecular weight is 582 g/mol. The molecule has 0 bridgehead atoms. The summed E-state index contributed by atoms with van der Waals surface area (Å²) in [7, 11) is 4.30. The molecule has 0 spiro atoms. The molecule has 0 saturated heterocycles. The summed E-state index contributed by atoms with van der Waals surface area (Å²) in [5.41, 5.74) is -1.49. The lowest BCUT2D eigenvalue weighted by molar-refractivity contribution is -0.147. The second-order valence-corrected chi connectivity index (χ2v) is 10.5. The Morgan fingerprint density at radius 3 is 2.05 bits per heavy atom. The largest absolute Gasteiger partial charge is 0.468 e. The number of hydrogen-bond donors (Lipinski definition) is 1. The number of benzene rings is 1. The van der Waals surface area contributed by atoms with Crippen molar-refractivity contribution in [3.8, 4) is 0 Å². The zero-order valence-electron chi connectivity index (χ0n) is 24.6. The molecule has 0 radical (unpaired) electrons. The fourth-order valence-corrected chi connectivity index (χ4v) is 5.58. The van der Waals surface area contributed by atoms with Gasteiger partial charge in [-0.05, 0) is 36.5 Å². The molecular weight excluding hydrogens is 546 g/mol. The van der Waals surface area contributed by atoms with E-state index in [0.29, 0.717) is 12.8 Å². The van der Waals surface area contributed by atoms with Gasteiger partial charge in [0.25, 0.3) is 0 Å². The lowest BCUT2D eigenvalue weighted by Gasteiger charge is -2.27. The van der Waals surface area contributed by atoms with Gasteiger partial charge in [0.1, 0.15) is 11.5 Å². The average Bonchev–Trinajstić information content (AvgIpc) is 3.12. The Balaban J connectivity index is 2.37.